The van der Waals surface area contributed by atoms with Crippen LogP contribution >= 0.6 is 11.3 Å². The van der Waals surface area contributed by atoms with Crippen molar-refractivity contribution >= 4 is 27.4 Å². The van der Waals surface area contributed by atoms with Gasteiger partial charge in [0.05, 0.1) is 6.61 Å². The van der Waals surface area contributed by atoms with Crippen LogP contribution in [-0.2, 0) is 6.54 Å². The summed E-state index contributed by atoms with van der Waals surface area (Å²) in [6, 6.07) is 17.2. The number of nitrogens with one attached hydrogen (secondary N) is 1. The molecule has 30 heavy (non-hydrogen) atoms. The molecule has 0 aliphatic carbocycles. The molecule has 0 aliphatic rings. The number of ether oxygens (including phenoxy) is 1. The summed E-state index contributed by atoms with van der Waals surface area (Å²) in [4.78, 5) is 5.28. The smallest absolute Gasteiger partial charge is 0.185 e. The van der Waals surface area contributed by atoms with Gasteiger partial charge in [-0.3, -0.25) is 4.99 Å². The monoisotopic (exact) mass is 425 g/mol. The van der Waals surface area contributed by atoms with Crippen molar-refractivity contribution in [1.29, 1.82) is 0 Å². The van der Waals surface area contributed by atoms with Crippen molar-refractivity contribution in [2.45, 2.75) is 25.8 Å². The molecule has 7 N–H and O–H groups in total. The molecule has 0 bridgehead atoms. The molecule has 0 spiro atoms. The zero-order valence-electron chi connectivity index (χ0n) is 17.3. The van der Waals surface area contributed by atoms with Gasteiger partial charge < -0.3 is 27.3 Å². The summed E-state index contributed by atoms with van der Waals surface area (Å²) < 4.78 is 7.29. The van der Waals surface area contributed by atoms with E-state index in [-0.39, 0.29) is 5.96 Å². The standard InChI is InChI=1S/C23H31N5OS/c24-10-5-13-29-20-9-8-18(22-15-17-6-1-2-7-21(17)30-22)14-19(20)16-27-11-3-4-12-28-23(25)26/h1-2,6-9,14-15,27H,3-5,10-13,16,24H2,(H4,25,26,28). The van der Waals surface area contributed by atoms with Gasteiger partial charge in [0.2, 0.25) is 0 Å². The fourth-order valence-corrected chi connectivity index (χ4v) is 4.25. The molecule has 0 fully saturated rings. The maximum Gasteiger partial charge on any atom is 0.185 e. The molecule has 0 aliphatic heterocycles. The number of hydrogen-bond donors (Lipinski definition) is 4. The summed E-state index contributed by atoms with van der Waals surface area (Å²) in [7, 11) is 0. The quantitative estimate of drug-likeness (QED) is 0.202. The Labute approximate surface area is 182 Å². The highest BCUT2D eigenvalue weighted by molar-refractivity contribution is 7.22. The van der Waals surface area contributed by atoms with Crippen molar-refractivity contribution in [1.82, 2.24) is 5.32 Å². The van der Waals surface area contributed by atoms with E-state index >= 15 is 0 Å². The maximum absolute atomic E-state index is 5.99. The molecular weight excluding hydrogens is 394 g/mol. The SMILES string of the molecule is NCCCOc1ccc(-c2cc3ccccc3s2)cc1CNCCCCN=C(N)N. The normalized spacial score (nSPS) is 11.0. The number of rotatable bonds is 12. The first kappa shape index (κ1) is 22.1. The van der Waals surface area contributed by atoms with Crippen molar-refractivity contribution in [3.63, 3.8) is 0 Å². The molecule has 0 amide bonds. The number of unbranched alkanes of at least 4 members (excludes halogenated alkanes) is 1. The number of fused-ring (bicyclic) bond motifs is 1. The third-order valence-corrected chi connectivity index (χ3v) is 5.91. The average molecular weight is 426 g/mol. The molecule has 6 nitrogen and oxygen atoms in total. The summed E-state index contributed by atoms with van der Waals surface area (Å²) in [5, 5.41) is 4.79. The van der Waals surface area contributed by atoms with Gasteiger partial charge in [0, 0.05) is 28.2 Å². The highest BCUT2D eigenvalue weighted by Crippen LogP contribution is 2.35. The first-order chi connectivity index (χ1) is 14.7. The highest BCUT2D eigenvalue weighted by atomic mass is 32.1. The van der Waals surface area contributed by atoms with Crippen LogP contribution in [-0.4, -0.2) is 32.2 Å². The van der Waals surface area contributed by atoms with Crippen LogP contribution in [0.25, 0.3) is 20.5 Å². The van der Waals surface area contributed by atoms with E-state index in [2.05, 4.69) is 58.8 Å². The van der Waals surface area contributed by atoms with Gasteiger partial charge in [0.25, 0.3) is 0 Å². The molecule has 7 heteroatoms. The van der Waals surface area contributed by atoms with Crippen LogP contribution in [0.4, 0.5) is 0 Å². The number of aliphatic imine (C=N–C) groups is 1. The molecule has 1 heterocycles. The Hall–Kier alpha value is -2.61. The molecule has 3 rings (SSSR count). The minimum absolute atomic E-state index is 0.153. The van der Waals surface area contributed by atoms with Gasteiger partial charge in [-0.05, 0) is 73.6 Å². The van der Waals surface area contributed by atoms with Gasteiger partial charge in [0.1, 0.15) is 5.75 Å². The van der Waals surface area contributed by atoms with Crippen molar-refractivity contribution in [2.24, 2.45) is 22.2 Å². The Morgan fingerprint density at radius 2 is 1.90 bits per heavy atom. The summed E-state index contributed by atoms with van der Waals surface area (Å²) in [5.41, 5.74) is 18.7. The van der Waals surface area contributed by atoms with E-state index in [4.69, 9.17) is 21.9 Å². The summed E-state index contributed by atoms with van der Waals surface area (Å²) >= 11 is 1.82. The van der Waals surface area contributed by atoms with Gasteiger partial charge in [-0.15, -0.1) is 11.3 Å². The summed E-state index contributed by atoms with van der Waals surface area (Å²) in [6.45, 7) is 3.57. The molecular formula is C23H31N5OS. The van der Waals surface area contributed by atoms with Gasteiger partial charge >= 0.3 is 0 Å². The van der Waals surface area contributed by atoms with Gasteiger partial charge in [-0.25, -0.2) is 0 Å². The first-order valence-electron chi connectivity index (χ1n) is 10.4. The zero-order valence-corrected chi connectivity index (χ0v) is 18.1. The van der Waals surface area contributed by atoms with Crippen LogP contribution in [0, 0.1) is 0 Å². The van der Waals surface area contributed by atoms with Crippen LogP contribution in [0.3, 0.4) is 0 Å². The predicted octanol–water partition coefficient (Wildman–Crippen LogP) is 3.44. The largest absolute Gasteiger partial charge is 0.493 e. The van der Waals surface area contributed by atoms with Crippen LogP contribution in [0.5, 0.6) is 5.75 Å². The fourth-order valence-electron chi connectivity index (χ4n) is 3.19. The van der Waals surface area contributed by atoms with Gasteiger partial charge in [-0.1, -0.05) is 18.2 Å². The highest BCUT2D eigenvalue weighted by Gasteiger charge is 2.09. The minimum Gasteiger partial charge on any atom is -0.493 e. The van der Waals surface area contributed by atoms with E-state index in [1.807, 2.05) is 11.3 Å². The Kier molecular flexibility index (Phi) is 8.50. The molecule has 1 aromatic heterocycles. The van der Waals surface area contributed by atoms with Crippen molar-refractivity contribution < 1.29 is 4.74 Å². The van der Waals surface area contributed by atoms with Crippen LogP contribution in [0.15, 0.2) is 53.5 Å². The Balaban J connectivity index is 1.67. The Morgan fingerprint density at radius 1 is 1.03 bits per heavy atom. The van der Waals surface area contributed by atoms with E-state index in [0.29, 0.717) is 19.7 Å². The van der Waals surface area contributed by atoms with Crippen molar-refractivity contribution in [3.05, 3.63) is 54.1 Å². The Morgan fingerprint density at radius 3 is 2.70 bits per heavy atom. The predicted molar refractivity (Wildman–Crippen MR) is 128 cm³/mol. The van der Waals surface area contributed by atoms with Crippen LogP contribution in [0.1, 0.15) is 24.8 Å². The van der Waals surface area contributed by atoms with E-state index < -0.39 is 0 Å². The third kappa shape index (κ3) is 6.45. The van der Waals surface area contributed by atoms with E-state index in [9.17, 15) is 0 Å². The number of thiophene rings is 1. The Bertz CT molecular complexity index is 932. The second-order valence-electron chi connectivity index (χ2n) is 7.15. The molecule has 160 valence electrons. The molecule has 0 saturated carbocycles. The topological polar surface area (TPSA) is 112 Å². The maximum atomic E-state index is 5.99. The molecule has 0 unspecified atom stereocenters. The number of hydrogen-bond acceptors (Lipinski definition) is 5. The molecule has 0 radical (unpaired) electrons. The minimum atomic E-state index is 0.153. The molecule has 0 atom stereocenters. The number of guanidine groups is 1. The van der Waals surface area contributed by atoms with Crippen molar-refractivity contribution in [2.75, 3.05) is 26.2 Å². The first-order valence-corrected chi connectivity index (χ1v) is 11.2. The lowest BCUT2D eigenvalue weighted by Gasteiger charge is -2.14. The van der Waals surface area contributed by atoms with Gasteiger partial charge in [0.15, 0.2) is 5.96 Å². The molecule has 2 aromatic carbocycles. The lowest BCUT2D eigenvalue weighted by Crippen LogP contribution is -2.23. The summed E-state index contributed by atoms with van der Waals surface area (Å²) in [6.07, 6.45) is 2.80. The van der Waals surface area contributed by atoms with E-state index in [1.165, 1.54) is 20.5 Å². The zero-order chi connectivity index (χ0) is 21.2. The summed E-state index contributed by atoms with van der Waals surface area (Å²) in [5.74, 6) is 1.07. The number of nitrogens with zero attached hydrogens (tertiary/aromatic N) is 1. The molecule has 0 saturated heterocycles. The number of nitrogens with two attached hydrogens (primary N) is 3. The fraction of sp³-hybridized carbons (Fsp3) is 0.348. The average Bonchev–Trinajstić information content (AvgIpc) is 3.18. The lowest BCUT2D eigenvalue weighted by atomic mass is 10.1. The van der Waals surface area contributed by atoms with Gasteiger partial charge in [-0.2, -0.15) is 0 Å². The third-order valence-electron chi connectivity index (χ3n) is 4.75. The number of benzene rings is 2. The van der Waals surface area contributed by atoms with Crippen molar-refractivity contribution in [3.8, 4) is 16.2 Å². The van der Waals surface area contributed by atoms with E-state index in [1.54, 1.807) is 0 Å². The second kappa shape index (κ2) is 11.5. The molecule has 3 aromatic rings. The van der Waals surface area contributed by atoms with Crippen LogP contribution < -0.4 is 27.3 Å². The van der Waals surface area contributed by atoms with Crippen LogP contribution in [0.2, 0.25) is 0 Å². The van der Waals surface area contributed by atoms with E-state index in [0.717, 1.165) is 43.7 Å². The lowest BCUT2D eigenvalue weighted by molar-refractivity contribution is 0.309. The second-order valence-corrected chi connectivity index (χ2v) is 8.24.